The summed E-state index contributed by atoms with van der Waals surface area (Å²) in [4.78, 5) is 12.1. The fourth-order valence-electron chi connectivity index (χ4n) is 2.64. The van der Waals surface area contributed by atoms with E-state index >= 15 is 0 Å². The third-order valence-electron chi connectivity index (χ3n) is 4.18. The molecule has 0 atom stereocenters. The molecule has 154 valence electrons. The minimum Gasteiger partial charge on any atom is -0.506 e. The molecule has 3 aromatic rings. The van der Waals surface area contributed by atoms with Crippen LogP contribution in [0.1, 0.15) is 18.2 Å². The van der Waals surface area contributed by atoms with E-state index in [-0.39, 0.29) is 10.9 Å². The number of carbonyl (C=O) groups excluding carboxylic acids is 1. The van der Waals surface area contributed by atoms with Crippen LogP contribution in [0, 0.1) is 0 Å². The third-order valence-corrected chi connectivity index (χ3v) is 4.93. The summed E-state index contributed by atoms with van der Waals surface area (Å²) in [7, 11) is 0. The number of nitrogens with one attached hydrogen (secondary N) is 2. The van der Waals surface area contributed by atoms with E-state index < -0.39 is 5.91 Å². The van der Waals surface area contributed by atoms with Gasteiger partial charge in [0.05, 0.1) is 10.7 Å². The molecule has 1 aromatic heterocycles. The molecule has 3 N–H and O–H groups in total. The van der Waals surface area contributed by atoms with Gasteiger partial charge in [-0.15, -0.1) is 0 Å². The molecule has 0 radical (unpaired) electrons. The normalized spacial score (nSPS) is 10.9. The Labute approximate surface area is 189 Å². The zero-order valence-corrected chi connectivity index (χ0v) is 18.2. The van der Waals surface area contributed by atoms with Gasteiger partial charge in [-0.25, -0.2) is 0 Å². The van der Waals surface area contributed by atoms with Gasteiger partial charge < -0.3 is 14.8 Å². The van der Waals surface area contributed by atoms with Crippen LogP contribution >= 0.6 is 35.4 Å². The van der Waals surface area contributed by atoms with Crippen LogP contribution in [-0.2, 0) is 11.2 Å². The summed E-state index contributed by atoms with van der Waals surface area (Å²) in [5.41, 5.74) is 2.16. The van der Waals surface area contributed by atoms with Gasteiger partial charge >= 0.3 is 0 Å². The largest absolute Gasteiger partial charge is 0.506 e. The molecule has 0 spiro atoms. The van der Waals surface area contributed by atoms with Crippen LogP contribution < -0.4 is 10.6 Å². The number of anilines is 1. The molecule has 0 bridgehead atoms. The summed E-state index contributed by atoms with van der Waals surface area (Å²) in [6, 6.07) is 13.7. The Kier molecular flexibility index (Phi) is 7.15. The zero-order chi connectivity index (χ0) is 21.7. The van der Waals surface area contributed by atoms with Crippen molar-refractivity contribution in [3.05, 3.63) is 76.0 Å². The Morgan fingerprint density at radius 2 is 1.97 bits per heavy atom. The van der Waals surface area contributed by atoms with Gasteiger partial charge in [0, 0.05) is 16.7 Å². The first-order chi connectivity index (χ1) is 14.4. The van der Waals surface area contributed by atoms with E-state index in [2.05, 4.69) is 10.6 Å². The number of thiocarbonyl (C=S) groups is 1. The second-order valence-corrected chi connectivity index (χ2v) is 7.56. The number of phenolic OH excluding ortho intramolecular Hbond substituents is 1. The lowest BCUT2D eigenvalue weighted by molar-refractivity contribution is -0.115. The summed E-state index contributed by atoms with van der Waals surface area (Å²) >= 11 is 17.2. The minimum atomic E-state index is -0.443. The maximum Gasteiger partial charge on any atom is 0.250 e. The highest BCUT2D eigenvalue weighted by atomic mass is 35.5. The van der Waals surface area contributed by atoms with E-state index in [9.17, 15) is 9.90 Å². The first kappa shape index (κ1) is 21.9. The molecule has 0 saturated heterocycles. The summed E-state index contributed by atoms with van der Waals surface area (Å²) in [6.07, 6.45) is 3.62. The Morgan fingerprint density at radius 1 is 1.17 bits per heavy atom. The van der Waals surface area contributed by atoms with Crippen LogP contribution in [0.3, 0.4) is 0 Å². The van der Waals surface area contributed by atoms with Crippen molar-refractivity contribution in [2.45, 2.75) is 13.3 Å². The van der Waals surface area contributed by atoms with Crippen molar-refractivity contribution in [2.75, 3.05) is 5.32 Å². The van der Waals surface area contributed by atoms with Crippen LogP contribution in [0.2, 0.25) is 10.0 Å². The number of amides is 1. The average Bonchev–Trinajstić information content (AvgIpc) is 3.16. The molecule has 30 heavy (non-hydrogen) atoms. The molecule has 1 heterocycles. The molecule has 8 heteroatoms. The van der Waals surface area contributed by atoms with Crippen molar-refractivity contribution in [1.82, 2.24) is 5.32 Å². The maximum absolute atomic E-state index is 12.1. The summed E-state index contributed by atoms with van der Waals surface area (Å²) in [5.74, 6) is 0.628. The van der Waals surface area contributed by atoms with Gasteiger partial charge in [-0.3, -0.25) is 10.1 Å². The van der Waals surface area contributed by atoms with E-state index in [1.54, 1.807) is 42.5 Å². The zero-order valence-electron chi connectivity index (χ0n) is 15.9. The van der Waals surface area contributed by atoms with Gasteiger partial charge in [-0.1, -0.05) is 36.2 Å². The Balaban J connectivity index is 1.61. The minimum absolute atomic E-state index is 0.0447. The quantitative estimate of drug-likeness (QED) is 0.245. The van der Waals surface area contributed by atoms with Crippen LogP contribution in [-0.4, -0.2) is 16.1 Å². The van der Waals surface area contributed by atoms with Crippen LogP contribution in [0.25, 0.3) is 17.4 Å². The summed E-state index contributed by atoms with van der Waals surface area (Å²) < 4.78 is 5.71. The maximum atomic E-state index is 12.1. The number of aryl methyl sites for hydroxylation is 1. The van der Waals surface area contributed by atoms with Crippen molar-refractivity contribution in [3.8, 4) is 17.1 Å². The molecule has 0 aliphatic rings. The molecule has 3 rings (SSSR count). The van der Waals surface area contributed by atoms with Crippen LogP contribution in [0.15, 0.2) is 59.0 Å². The molecule has 2 aromatic carbocycles. The van der Waals surface area contributed by atoms with Gasteiger partial charge in [0.1, 0.15) is 17.3 Å². The highest BCUT2D eigenvalue weighted by Crippen LogP contribution is 2.31. The van der Waals surface area contributed by atoms with Crippen LogP contribution in [0.5, 0.6) is 5.75 Å². The van der Waals surface area contributed by atoms with Crippen molar-refractivity contribution in [3.63, 3.8) is 0 Å². The lowest BCUT2D eigenvalue weighted by atomic mass is 10.1. The number of rotatable bonds is 5. The van der Waals surface area contributed by atoms with E-state index in [0.29, 0.717) is 32.8 Å². The number of carbonyl (C=O) groups is 1. The lowest BCUT2D eigenvalue weighted by Crippen LogP contribution is -2.32. The predicted octanol–water partition coefficient (Wildman–Crippen LogP) is 6.05. The second kappa shape index (κ2) is 9.80. The molecule has 1 amide bonds. The van der Waals surface area contributed by atoms with Crippen molar-refractivity contribution in [1.29, 1.82) is 0 Å². The molecular weight excluding hydrogens is 443 g/mol. The number of aromatic hydroxyl groups is 1. The lowest BCUT2D eigenvalue weighted by Gasteiger charge is -2.11. The van der Waals surface area contributed by atoms with Crippen molar-refractivity contribution >= 4 is 58.2 Å². The van der Waals surface area contributed by atoms with E-state index in [4.69, 9.17) is 39.8 Å². The molecule has 0 aliphatic heterocycles. The number of benzene rings is 2. The highest BCUT2D eigenvalue weighted by Gasteiger charge is 2.09. The fraction of sp³-hybridized carbons (Fsp3) is 0.0909. The third kappa shape index (κ3) is 5.63. The Morgan fingerprint density at radius 3 is 2.70 bits per heavy atom. The topological polar surface area (TPSA) is 74.5 Å². The summed E-state index contributed by atoms with van der Waals surface area (Å²) in [5, 5.41) is 16.3. The van der Waals surface area contributed by atoms with Gasteiger partial charge in [-0.05, 0) is 72.7 Å². The Bertz CT molecular complexity index is 1130. The van der Waals surface area contributed by atoms with E-state index in [1.807, 2.05) is 13.0 Å². The monoisotopic (exact) mass is 460 g/mol. The summed E-state index contributed by atoms with van der Waals surface area (Å²) in [6.45, 7) is 2.00. The Hall–Kier alpha value is -2.80. The highest BCUT2D eigenvalue weighted by molar-refractivity contribution is 7.80. The smallest absolute Gasteiger partial charge is 0.250 e. The SMILES string of the molecule is CCc1ccc(O)c(NC(=S)NC(=O)/C=C/c2ccc(-c3ccc(Cl)cc3Cl)o2)c1. The average molecular weight is 461 g/mol. The number of hydrogen-bond acceptors (Lipinski definition) is 4. The predicted molar refractivity (Wildman–Crippen MR) is 125 cm³/mol. The molecule has 0 unspecified atom stereocenters. The number of hydrogen-bond donors (Lipinski definition) is 3. The second-order valence-electron chi connectivity index (χ2n) is 6.31. The number of halogens is 2. The molecule has 0 aliphatic carbocycles. The first-order valence-electron chi connectivity index (χ1n) is 9.03. The van der Waals surface area contributed by atoms with Gasteiger partial charge in [0.25, 0.3) is 0 Å². The van der Waals surface area contributed by atoms with Gasteiger partial charge in [-0.2, -0.15) is 0 Å². The standard InChI is InChI=1S/C22H18Cl2N2O3S/c1-2-13-3-8-19(27)18(11-13)25-22(30)26-21(28)10-6-15-5-9-20(29-15)16-7-4-14(23)12-17(16)24/h3-12,27H,2H2,1H3,(H2,25,26,28,30)/b10-6+. The van der Waals surface area contributed by atoms with Gasteiger partial charge in [0.15, 0.2) is 5.11 Å². The van der Waals surface area contributed by atoms with E-state index in [1.165, 1.54) is 12.2 Å². The fourth-order valence-corrected chi connectivity index (χ4v) is 3.36. The number of phenols is 1. The molecule has 0 fully saturated rings. The molecule has 0 saturated carbocycles. The molecule has 5 nitrogen and oxygen atoms in total. The number of furan rings is 1. The van der Waals surface area contributed by atoms with Gasteiger partial charge in [0.2, 0.25) is 5.91 Å². The van der Waals surface area contributed by atoms with Crippen molar-refractivity contribution in [2.24, 2.45) is 0 Å². The first-order valence-corrected chi connectivity index (χ1v) is 10.2. The van der Waals surface area contributed by atoms with Crippen molar-refractivity contribution < 1.29 is 14.3 Å². The van der Waals surface area contributed by atoms with E-state index in [0.717, 1.165) is 12.0 Å². The molecular formula is C22H18Cl2N2O3S. The van der Waals surface area contributed by atoms with Crippen LogP contribution in [0.4, 0.5) is 5.69 Å².